The molecule has 2 N–H and O–H groups in total. The minimum absolute atomic E-state index is 0.168. The maximum Gasteiger partial charge on any atom is 0.336 e. The Bertz CT molecular complexity index is 1640. The number of hydrogen-bond donors (Lipinski definition) is 2. The van der Waals surface area contributed by atoms with Gasteiger partial charge in [0.1, 0.15) is 5.82 Å². The van der Waals surface area contributed by atoms with Crippen molar-refractivity contribution in [2.24, 2.45) is 0 Å². The van der Waals surface area contributed by atoms with E-state index >= 15 is 0 Å². The fourth-order valence-corrected chi connectivity index (χ4v) is 4.11. The molecule has 5 aromatic rings. The van der Waals surface area contributed by atoms with Crippen molar-refractivity contribution in [3.05, 3.63) is 137 Å². The second kappa shape index (κ2) is 10.3. The molecule has 0 unspecified atom stereocenters. The molecule has 1 amide bonds. The number of carboxylic acid groups (broad SMARTS) is 1. The lowest BCUT2D eigenvalue weighted by atomic mass is 9.98. The van der Waals surface area contributed by atoms with Crippen LogP contribution in [0.1, 0.15) is 31.8 Å². The fraction of sp³-hybridized carbons (Fsp3) is 0. The molecule has 0 fully saturated rings. The van der Waals surface area contributed by atoms with E-state index in [4.69, 9.17) is 0 Å². The number of amides is 1. The number of rotatable bonds is 6. The number of carbonyl (C=O) groups is 2. The van der Waals surface area contributed by atoms with Crippen molar-refractivity contribution in [1.82, 2.24) is 0 Å². The Kier molecular flexibility index (Phi) is 6.60. The zero-order valence-corrected chi connectivity index (χ0v) is 19.7. The zero-order chi connectivity index (χ0) is 25.8. The van der Waals surface area contributed by atoms with Gasteiger partial charge in [0.25, 0.3) is 5.91 Å². The summed E-state index contributed by atoms with van der Waals surface area (Å²) in [6.45, 7) is 0. The molecule has 5 heteroatoms. The summed E-state index contributed by atoms with van der Waals surface area (Å²) < 4.78 is 13.3. The quantitative estimate of drug-likeness (QED) is 0.241. The number of hydrogen-bond acceptors (Lipinski definition) is 2. The van der Waals surface area contributed by atoms with Crippen molar-refractivity contribution in [2.45, 2.75) is 0 Å². The molecule has 5 rings (SSSR count). The van der Waals surface area contributed by atoms with Crippen LogP contribution >= 0.6 is 0 Å². The molecule has 180 valence electrons. The lowest BCUT2D eigenvalue weighted by molar-refractivity contribution is 0.0696. The van der Waals surface area contributed by atoms with E-state index in [1.165, 1.54) is 12.1 Å². The van der Waals surface area contributed by atoms with Gasteiger partial charge in [0.05, 0.1) is 5.56 Å². The number of benzene rings is 5. The SMILES string of the molecule is O=C(Nc1ccc(/C=C/c2cc(-c3ccc(F)cc3)ccc2C(=O)O)cc1)c1ccc2ccccc2c1. The highest BCUT2D eigenvalue weighted by Crippen LogP contribution is 2.25. The summed E-state index contributed by atoms with van der Waals surface area (Å²) in [7, 11) is 0. The van der Waals surface area contributed by atoms with Crippen LogP contribution in [0.5, 0.6) is 0 Å². The Morgan fingerprint density at radius 3 is 2.14 bits per heavy atom. The number of anilines is 1. The largest absolute Gasteiger partial charge is 0.478 e. The number of carboxylic acids is 1. The third-order valence-corrected chi connectivity index (χ3v) is 6.10. The molecule has 0 bridgehead atoms. The molecule has 0 saturated heterocycles. The summed E-state index contributed by atoms with van der Waals surface area (Å²) in [5.41, 5.74) is 4.34. The minimum Gasteiger partial charge on any atom is -0.478 e. The van der Waals surface area contributed by atoms with Crippen LogP contribution in [0, 0.1) is 5.82 Å². The minimum atomic E-state index is -1.03. The molecule has 0 heterocycles. The van der Waals surface area contributed by atoms with Gasteiger partial charge in [-0.2, -0.15) is 0 Å². The smallest absolute Gasteiger partial charge is 0.336 e. The number of aromatic carboxylic acids is 1. The number of nitrogens with one attached hydrogen (secondary N) is 1. The van der Waals surface area contributed by atoms with Gasteiger partial charge in [-0.3, -0.25) is 4.79 Å². The van der Waals surface area contributed by atoms with E-state index in [1.807, 2.05) is 54.6 Å². The Morgan fingerprint density at radius 2 is 1.41 bits per heavy atom. The first-order chi connectivity index (χ1) is 18.0. The first kappa shape index (κ1) is 23.7. The monoisotopic (exact) mass is 487 g/mol. The van der Waals surface area contributed by atoms with Gasteiger partial charge < -0.3 is 10.4 Å². The Balaban J connectivity index is 1.33. The molecular formula is C32H22FNO3. The molecule has 0 spiro atoms. The van der Waals surface area contributed by atoms with E-state index in [9.17, 15) is 19.1 Å². The van der Waals surface area contributed by atoms with Gasteiger partial charge in [-0.1, -0.05) is 72.8 Å². The second-order valence-electron chi connectivity index (χ2n) is 8.59. The van der Waals surface area contributed by atoms with Gasteiger partial charge in [-0.25, -0.2) is 9.18 Å². The Labute approximate surface area is 213 Å². The molecule has 4 nitrogen and oxygen atoms in total. The maximum absolute atomic E-state index is 13.3. The highest BCUT2D eigenvalue weighted by molar-refractivity contribution is 6.06. The summed E-state index contributed by atoms with van der Waals surface area (Å²) >= 11 is 0. The van der Waals surface area contributed by atoms with Crippen LogP contribution in [0.4, 0.5) is 10.1 Å². The number of halogens is 1. The average molecular weight is 488 g/mol. The van der Waals surface area contributed by atoms with E-state index in [0.29, 0.717) is 16.8 Å². The molecule has 0 aromatic heterocycles. The lowest BCUT2D eigenvalue weighted by Gasteiger charge is -2.08. The third kappa shape index (κ3) is 5.46. The van der Waals surface area contributed by atoms with Crippen LogP contribution in [-0.4, -0.2) is 17.0 Å². The summed E-state index contributed by atoms with van der Waals surface area (Å²) in [6.07, 6.45) is 3.55. The van der Waals surface area contributed by atoms with Gasteiger partial charge in [0.2, 0.25) is 0 Å². The first-order valence-electron chi connectivity index (χ1n) is 11.7. The number of carbonyl (C=O) groups excluding carboxylic acids is 1. The van der Waals surface area contributed by atoms with E-state index in [2.05, 4.69) is 5.32 Å². The van der Waals surface area contributed by atoms with Gasteiger partial charge >= 0.3 is 5.97 Å². The average Bonchev–Trinajstić information content (AvgIpc) is 2.92. The topological polar surface area (TPSA) is 66.4 Å². The Morgan fingerprint density at radius 1 is 0.703 bits per heavy atom. The van der Waals surface area contributed by atoms with Crippen molar-refractivity contribution in [3.8, 4) is 11.1 Å². The van der Waals surface area contributed by atoms with Gasteiger partial charge in [0.15, 0.2) is 0 Å². The van der Waals surface area contributed by atoms with Crippen molar-refractivity contribution in [3.63, 3.8) is 0 Å². The molecular weight excluding hydrogens is 465 g/mol. The predicted octanol–water partition coefficient (Wildman–Crippen LogP) is 7.77. The molecule has 0 radical (unpaired) electrons. The van der Waals surface area contributed by atoms with Crippen molar-refractivity contribution >= 4 is 40.5 Å². The summed E-state index contributed by atoms with van der Waals surface area (Å²) in [5, 5.41) is 14.6. The summed E-state index contributed by atoms with van der Waals surface area (Å²) in [6, 6.07) is 31.8. The molecule has 0 aliphatic heterocycles. The maximum atomic E-state index is 13.3. The molecule has 5 aromatic carbocycles. The van der Waals surface area contributed by atoms with Crippen LogP contribution in [-0.2, 0) is 0 Å². The molecule has 37 heavy (non-hydrogen) atoms. The van der Waals surface area contributed by atoms with Crippen molar-refractivity contribution < 1.29 is 19.1 Å². The van der Waals surface area contributed by atoms with E-state index in [0.717, 1.165) is 27.5 Å². The number of fused-ring (bicyclic) bond motifs is 1. The molecule has 0 saturated carbocycles. The first-order valence-corrected chi connectivity index (χ1v) is 11.7. The van der Waals surface area contributed by atoms with E-state index in [1.54, 1.807) is 54.6 Å². The van der Waals surface area contributed by atoms with E-state index in [-0.39, 0.29) is 17.3 Å². The van der Waals surface area contributed by atoms with Gasteiger partial charge in [0, 0.05) is 11.3 Å². The summed E-state index contributed by atoms with van der Waals surface area (Å²) in [5.74, 6) is -1.56. The molecule has 0 aliphatic rings. The predicted molar refractivity (Wildman–Crippen MR) is 146 cm³/mol. The normalized spacial score (nSPS) is 11.1. The van der Waals surface area contributed by atoms with Crippen molar-refractivity contribution in [1.29, 1.82) is 0 Å². The molecule has 0 atom stereocenters. The van der Waals surface area contributed by atoms with Crippen LogP contribution in [0.25, 0.3) is 34.1 Å². The van der Waals surface area contributed by atoms with E-state index < -0.39 is 5.97 Å². The zero-order valence-electron chi connectivity index (χ0n) is 19.7. The lowest BCUT2D eigenvalue weighted by Crippen LogP contribution is -2.11. The standard InChI is InChI=1S/C32H22FNO3/c33-28-14-11-23(12-15-28)25-13-18-30(32(36)37)26(19-25)8-5-21-6-16-29(17-7-21)34-31(35)27-10-9-22-3-1-2-4-24(22)20-27/h1-20H,(H,34,35)(H,36,37)/b8-5+. The van der Waals surface area contributed by atoms with Crippen LogP contribution < -0.4 is 5.32 Å². The second-order valence-corrected chi connectivity index (χ2v) is 8.59. The van der Waals surface area contributed by atoms with Crippen LogP contribution in [0.15, 0.2) is 109 Å². The van der Waals surface area contributed by atoms with Gasteiger partial charge in [-0.05, 0) is 81.6 Å². The van der Waals surface area contributed by atoms with Crippen LogP contribution in [0.2, 0.25) is 0 Å². The van der Waals surface area contributed by atoms with Crippen LogP contribution in [0.3, 0.4) is 0 Å². The molecule has 0 aliphatic carbocycles. The third-order valence-electron chi connectivity index (χ3n) is 6.10. The highest BCUT2D eigenvalue weighted by Gasteiger charge is 2.10. The van der Waals surface area contributed by atoms with Crippen molar-refractivity contribution in [2.75, 3.05) is 5.32 Å². The highest BCUT2D eigenvalue weighted by atomic mass is 19.1. The van der Waals surface area contributed by atoms with Gasteiger partial charge in [-0.15, -0.1) is 0 Å². The Hall–Kier alpha value is -5.03. The summed E-state index contributed by atoms with van der Waals surface area (Å²) in [4.78, 5) is 24.5. The fourth-order valence-electron chi connectivity index (χ4n) is 4.11.